The maximum absolute atomic E-state index is 13.3. The highest BCUT2D eigenvalue weighted by molar-refractivity contribution is 5.18. The summed E-state index contributed by atoms with van der Waals surface area (Å²) in [6.45, 7) is 3.51. The first kappa shape index (κ1) is 15.0. The molecule has 0 unspecified atom stereocenters. The number of hydrogen-bond donors (Lipinski definition) is 2. The van der Waals surface area contributed by atoms with Crippen LogP contribution in [0.2, 0.25) is 0 Å². The van der Waals surface area contributed by atoms with E-state index in [1.807, 2.05) is 0 Å². The van der Waals surface area contributed by atoms with E-state index in [1.54, 1.807) is 13.2 Å². The number of hydrogen-bond acceptors (Lipinski definition) is 3. The lowest BCUT2D eigenvalue weighted by Crippen LogP contribution is -2.24. The van der Waals surface area contributed by atoms with Crippen LogP contribution in [0.15, 0.2) is 18.2 Å². The van der Waals surface area contributed by atoms with Gasteiger partial charge in [-0.15, -0.1) is 0 Å². The van der Waals surface area contributed by atoms with Crippen LogP contribution in [0.3, 0.4) is 0 Å². The van der Waals surface area contributed by atoms with Gasteiger partial charge in [0.25, 0.3) is 0 Å². The predicted octanol–water partition coefficient (Wildman–Crippen LogP) is 1.68. The number of ether oxygens (including phenoxy) is 1. The van der Waals surface area contributed by atoms with Crippen molar-refractivity contribution < 1.29 is 13.5 Å². The maximum atomic E-state index is 13.3. The second-order valence-corrected chi connectivity index (χ2v) is 3.99. The van der Waals surface area contributed by atoms with Crippen molar-refractivity contribution in [2.24, 2.45) is 0 Å². The van der Waals surface area contributed by atoms with Gasteiger partial charge in [-0.05, 0) is 25.6 Å². The molecule has 0 radical (unpaired) electrons. The third-order valence-corrected chi connectivity index (χ3v) is 2.54. The first-order valence-electron chi connectivity index (χ1n) is 6.09. The summed E-state index contributed by atoms with van der Waals surface area (Å²) < 4.78 is 31.1. The van der Waals surface area contributed by atoms with Crippen LogP contribution in [-0.2, 0) is 11.3 Å². The molecular formula is C13H20F2N2O. The molecule has 0 saturated heterocycles. The minimum absolute atomic E-state index is 0.349. The Morgan fingerprint density at radius 2 is 1.89 bits per heavy atom. The molecule has 1 aromatic carbocycles. The summed E-state index contributed by atoms with van der Waals surface area (Å²) in [5, 5.41) is 6.29. The average Bonchev–Trinajstić information content (AvgIpc) is 2.37. The van der Waals surface area contributed by atoms with Gasteiger partial charge in [0, 0.05) is 25.8 Å². The number of rotatable bonds is 9. The molecule has 102 valence electrons. The van der Waals surface area contributed by atoms with Crippen LogP contribution in [0.5, 0.6) is 0 Å². The Morgan fingerprint density at radius 3 is 2.67 bits per heavy atom. The van der Waals surface area contributed by atoms with Gasteiger partial charge in [0.2, 0.25) is 0 Å². The highest BCUT2D eigenvalue weighted by atomic mass is 19.2. The van der Waals surface area contributed by atoms with Crippen molar-refractivity contribution in [3.63, 3.8) is 0 Å². The number of halogens is 2. The normalized spacial score (nSPS) is 10.8. The zero-order chi connectivity index (χ0) is 13.2. The molecule has 0 atom stereocenters. The SMILES string of the molecule is COCCNCCCNCc1cccc(F)c1F. The number of nitrogens with one attached hydrogen (secondary N) is 2. The van der Waals surface area contributed by atoms with Gasteiger partial charge in [0.1, 0.15) is 0 Å². The summed E-state index contributed by atoms with van der Waals surface area (Å²) in [6, 6.07) is 4.22. The van der Waals surface area contributed by atoms with Crippen molar-refractivity contribution in [3.05, 3.63) is 35.4 Å². The Bertz CT molecular complexity index is 348. The van der Waals surface area contributed by atoms with Gasteiger partial charge in [-0.2, -0.15) is 0 Å². The zero-order valence-corrected chi connectivity index (χ0v) is 10.6. The molecule has 0 spiro atoms. The fourth-order valence-corrected chi connectivity index (χ4v) is 1.55. The monoisotopic (exact) mass is 258 g/mol. The summed E-state index contributed by atoms with van der Waals surface area (Å²) >= 11 is 0. The Kier molecular flexibility index (Phi) is 7.48. The largest absolute Gasteiger partial charge is 0.383 e. The molecule has 5 heteroatoms. The third-order valence-electron chi connectivity index (χ3n) is 2.54. The summed E-state index contributed by atoms with van der Waals surface area (Å²) in [7, 11) is 1.66. The van der Waals surface area contributed by atoms with Crippen LogP contribution >= 0.6 is 0 Å². The van der Waals surface area contributed by atoms with Gasteiger partial charge >= 0.3 is 0 Å². The van der Waals surface area contributed by atoms with Gasteiger partial charge in [-0.25, -0.2) is 8.78 Å². The van der Waals surface area contributed by atoms with Crippen molar-refractivity contribution in [1.29, 1.82) is 0 Å². The van der Waals surface area contributed by atoms with E-state index in [-0.39, 0.29) is 0 Å². The molecule has 1 rings (SSSR count). The Labute approximate surface area is 107 Å². The lowest BCUT2D eigenvalue weighted by molar-refractivity contribution is 0.199. The molecule has 1 aromatic rings. The summed E-state index contributed by atoms with van der Waals surface area (Å²) in [5.74, 6) is -1.56. The fourth-order valence-electron chi connectivity index (χ4n) is 1.55. The Hall–Kier alpha value is -1.04. The van der Waals surface area contributed by atoms with Crippen molar-refractivity contribution in [3.8, 4) is 0 Å². The number of methoxy groups -OCH3 is 1. The van der Waals surface area contributed by atoms with Crippen molar-refractivity contribution in [1.82, 2.24) is 10.6 Å². The van der Waals surface area contributed by atoms with E-state index >= 15 is 0 Å². The van der Waals surface area contributed by atoms with Crippen LogP contribution in [0.4, 0.5) is 8.78 Å². The lowest BCUT2D eigenvalue weighted by atomic mass is 10.2. The van der Waals surface area contributed by atoms with E-state index in [9.17, 15) is 8.78 Å². The highest BCUT2D eigenvalue weighted by Gasteiger charge is 2.06. The lowest BCUT2D eigenvalue weighted by Gasteiger charge is -2.07. The Balaban J connectivity index is 2.09. The molecule has 0 saturated carbocycles. The van der Waals surface area contributed by atoms with Gasteiger partial charge in [-0.1, -0.05) is 12.1 Å². The molecule has 0 aliphatic heterocycles. The minimum atomic E-state index is -0.796. The second-order valence-electron chi connectivity index (χ2n) is 3.99. The first-order chi connectivity index (χ1) is 8.75. The van der Waals surface area contributed by atoms with E-state index in [2.05, 4.69) is 10.6 Å². The van der Waals surface area contributed by atoms with Crippen molar-refractivity contribution in [2.45, 2.75) is 13.0 Å². The van der Waals surface area contributed by atoms with E-state index in [1.165, 1.54) is 6.07 Å². The molecule has 0 bridgehead atoms. The van der Waals surface area contributed by atoms with Gasteiger partial charge in [-0.3, -0.25) is 0 Å². The third kappa shape index (κ3) is 5.53. The summed E-state index contributed by atoms with van der Waals surface area (Å²) in [4.78, 5) is 0. The van der Waals surface area contributed by atoms with E-state index in [0.717, 1.165) is 32.1 Å². The standard InChI is InChI=1S/C13H20F2N2O/c1-18-9-8-16-6-3-7-17-10-11-4-2-5-12(14)13(11)15/h2,4-5,16-17H,3,6-10H2,1H3. The Morgan fingerprint density at radius 1 is 1.11 bits per heavy atom. The molecular weight excluding hydrogens is 238 g/mol. The topological polar surface area (TPSA) is 33.3 Å². The average molecular weight is 258 g/mol. The summed E-state index contributed by atoms with van der Waals surface area (Å²) in [5.41, 5.74) is 0.363. The molecule has 0 fully saturated rings. The van der Waals surface area contributed by atoms with Gasteiger partial charge < -0.3 is 15.4 Å². The van der Waals surface area contributed by atoms with Crippen LogP contribution in [0, 0.1) is 11.6 Å². The maximum Gasteiger partial charge on any atom is 0.163 e. The second kappa shape index (κ2) is 8.97. The number of benzene rings is 1. The molecule has 3 nitrogen and oxygen atoms in total. The van der Waals surface area contributed by atoms with Crippen LogP contribution in [-0.4, -0.2) is 33.4 Å². The fraction of sp³-hybridized carbons (Fsp3) is 0.538. The highest BCUT2D eigenvalue weighted by Crippen LogP contribution is 2.10. The van der Waals surface area contributed by atoms with E-state index in [4.69, 9.17) is 4.74 Å². The van der Waals surface area contributed by atoms with Gasteiger partial charge in [0.15, 0.2) is 11.6 Å². The quantitative estimate of drug-likeness (QED) is 0.661. The molecule has 0 aromatic heterocycles. The zero-order valence-electron chi connectivity index (χ0n) is 10.6. The molecule has 18 heavy (non-hydrogen) atoms. The van der Waals surface area contributed by atoms with Crippen LogP contribution in [0.25, 0.3) is 0 Å². The molecule has 0 heterocycles. The van der Waals surface area contributed by atoms with E-state index < -0.39 is 11.6 Å². The summed E-state index contributed by atoms with van der Waals surface area (Å²) in [6.07, 6.45) is 0.931. The van der Waals surface area contributed by atoms with Gasteiger partial charge in [0.05, 0.1) is 6.61 Å². The molecule has 0 aliphatic rings. The van der Waals surface area contributed by atoms with E-state index in [0.29, 0.717) is 18.7 Å². The molecule has 2 N–H and O–H groups in total. The predicted molar refractivity (Wildman–Crippen MR) is 67.4 cm³/mol. The van der Waals surface area contributed by atoms with Crippen molar-refractivity contribution >= 4 is 0 Å². The molecule has 0 amide bonds. The van der Waals surface area contributed by atoms with Crippen LogP contribution in [0.1, 0.15) is 12.0 Å². The van der Waals surface area contributed by atoms with Crippen LogP contribution < -0.4 is 10.6 Å². The van der Waals surface area contributed by atoms with Crippen molar-refractivity contribution in [2.75, 3.05) is 33.4 Å². The molecule has 0 aliphatic carbocycles. The first-order valence-corrected chi connectivity index (χ1v) is 6.09. The minimum Gasteiger partial charge on any atom is -0.383 e. The smallest absolute Gasteiger partial charge is 0.163 e.